The van der Waals surface area contributed by atoms with Crippen molar-refractivity contribution in [3.8, 4) is 0 Å². The summed E-state index contributed by atoms with van der Waals surface area (Å²) in [6.07, 6.45) is 1.88. The van der Waals surface area contributed by atoms with E-state index in [1.807, 2.05) is 20.8 Å². The summed E-state index contributed by atoms with van der Waals surface area (Å²) in [4.78, 5) is 11.9. The van der Waals surface area contributed by atoms with Crippen molar-refractivity contribution >= 4 is 5.91 Å². The minimum atomic E-state index is -0.178. The lowest BCUT2D eigenvalue weighted by Gasteiger charge is -2.36. The van der Waals surface area contributed by atoms with E-state index in [4.69, 9.17) is 15.2 Å². The molecule has 3 N–H and O–H groups in total. The summed E-state index contributed by atoms with van der Waals surface area (Å²) in [5, 5.41) is 3.04. The number of carbonyl (C=O) groups is 1. The van der Waals surface area contributed by atoms with E-state index in [-0.39, 0.29) is 23.7 Å². The second-order valence-electron chi connectivity index (χ2n) is 5.38. The predicted octanol–water partition coefficient (Wildman–Crippen LogP) is 0.814. The second kappa shape index (κ2) is 7.07. The fraction of sp³-hybridized carbons (Fsp3) is 0.923. The molecule has 0 aromatic carbocycles. The summed E-state index contributed by atoms with van der Waals surface area (Å²) in [5.41, 5.74) is 5.41. The number of hydrogen-bond donors (Lipinski definition) is 2. The van der Waals surface area contributed by atoms with Crippen LogP contribution in [0.2, 0.25) is 0 Å². The molecule has 1 fully saturated rings. The number of nitrogens with one attached hydrogen (secondary N) is 1. The number of hydrogen-bond acceptors (Lipinski definition) is 4. The van der Waals surface area contributed by atoms with Gasteiger partial charge in [-0.2, -0.15) is 0 Å². The molecule has 1 rings (SSSR count). The Kier molecular flexibility index (Phi) is 6.05. The van der Waals surface area contributed by atoms with Crippen molar-refractivity contribution in [1.29, 1.82) is 0 Å². The normalized spacial score (nSPS) is 24.6. The van der Waals surface area contributed by atoms with E-state index < -0.39 is 0 Å². The van der Waals surface area contributed by atoms with Crippen LogP contribution in [0.4, 0.5) is 0 Å². The van der Waals surface area contributed by atoms with Crippen LogP contribution in [0.1, 0.15) is 40.0 Å². The van der Waals surface area contributed by atoms with Gasteiger partial charge in [-0.05, 0) is 33.6 Å². The van der Waals surface area contributed by atoms with Gasteiger partial charge in [-0.15, -0.1) is 0 Å². The molecule has 0 bridgehead atoms. The summed E-state index contributed by atoms with van der Waals surface area (Å²) >= 11 is 0. The predicted molar refractivity (Wildman–Crippen MR) is 70.3 cm³/mol. The number of nitrogens with two attached hydrogens (primary N) is 1. The molecule has 5 heteroatoms. The fourth-order valence-corrected chi connectivity index (χ4v) is 2.29. The molecule has 1 heterocycles. The van der Waals surface area contributed by atoms with Crippen molar-refractivity contribution < 1.29 is 14.3 Å². The van der Waals surface area contributed by atoms with E-state index in [2.05, 4.69) is 5.32 Å². The Morgan fingerprint density at radius 3 is 2.89 bits per heavy atom. The molecular weight excluding hydrogens is 232 g/mol. The maximum absolute atomic E-state index is 11.9. The molecule has 1 amide bonds. The van der Waals surface area contributed by atoms with Crippen molar-refractivity contribution in [3.63, 3.8) is 0 Å². The Labute approximate surface area is 109 Å². The third kappa shape index (κ3) is 5.33. The first kappa shape index (κ1) is 15.4. The summed E-state index contributed by atoms with van der Waals surface area (Å²) < 4.78 is 11.0. The molecule has 2 atom stereocenters. The summed E-state index contributed by atoms with van der Waals surface area (Å²) in [7, 11) is 0. The maximum Gasteiger partial charge on any atom is 0.222 e. The lowest BCUT2D eigenvalue weighted by Crippen LogP contribution is -2.46. The van der Waals surface area contributed by atoms with Crippen molar-refractivity contribution in [2.45, 2.75) is 57.8 Å². The third-order valence-electron chi connectivity index (χ3n) is 3.14. The Balaban J connectivity index is 2.35. The summed E-state index contributed by atoms with van der Waals surface area (Å²) in [6, 6.07) is 0.196. The lowest BCUT2D eigenvalue weighted by atomic mass is 9.94. The molecule has 1 aliphatic heterocycles. The zero-order chi connectivity index (χ0) is 13.6. The molecule has 106 valence electrons. The molecule has 0 spiro atoms. The summed E-state index contributed by atoms with van der Waals surface area (Å²) in [5.74, 6) is 0.0154. The minimum Gasteiger partial charge on any atom is -0.377 e. The Morgan fingerprint density at radius 2 is 2.33 bits per heavy atom. The highest BCUT2D eigenvalue weighted by atomic mass is 16.5. The molecule has 0 aromatic heterocycles. The zero-order valence-electron chi connectivity index (χ0n) is 11.7. The first-order chi connectivity index (χ1) is 8.46. The fourth-order valence-electron chi connectivity index (χ4n) is 2.29. The molecule has 0 aliphatic carbocycles. The van der Waals surface area contributed by atoms with E-state index in [1.54, 1.807) is 0 Å². The lowest BCUT2D eigenvalue weighted by molar-refractivity contribution is -0.126. The van der Waals surface area contributed by atoms with Gasteiger partial charge in [0, 0.05) is 25.8 Å². The number of amides is 1. The molecular formula is C13H26N2O3. The Morgan fingerprint density at radius 1 is 1.61 bits per heavy atom. The average molecular weight is 258 g/mol. The highest BCUT2D eigenvalue weighted by Gasteiger charge is 2.29. The molecule has 0 saturated carbocycles. The monoisotopic (exact) mass is 258 g/mol. The largest absolute Gasteiger partial charge is 0.377 e. The first-order valence-electron chi connectivity index (χ1n) is 6.72. The average Bonchev–Trinajstić information content (AvgIpc) is 2.26. The highest BCUT2D eigenvalue weighted by molar-refractivity contribution is 5.76. The number of carbonyl (C=O) groups excluding carboxylic acids is 1. The highest BCUT2D eigenvalue weighted by Crippen LogP contribution is 2.23. The molecule has 18 heavy (non-hydrogen) atoms. The summed E-state index contributed by atoms with van der Waals surface area (Å²) in [6.45, 7) is 7.66. The van der Waals surface area contributed by atoms with E-state index in [1.165, 1.54) is 0 Å². The van der Waals surface area contributed by atoms with Gasteiger partial charge in [-0.1, -0.05) is 0 Å². The van der Waals surface area contributed by atoms with Crippen molar-refractivity contribution in [2.75, 3.05) is 19.8 Å². The minimum absolute atomic E-state index is 0.0154. The maximum atomic E-state index is 11.9. The van der Waals surface area contributed by atoms with Crippen LogP contribution in [0.5, 0.6) is 0 Å². The van der Waals surface area contributed by atoms with E-state index in [0.29, 0.717) is 26.2 Å². The van der Waals surface area contributed by atoms with Crippen molar-refractivity contribution in [2.24, 2.45) is 5.73 Å². The molecule has 2 unspecified atom stereocenters. The van der Waals surface area contributed by atoms with Gasteiger partial charge in [-0.3, -0.25) is 4.79 Å². The number of rotatable bonds is 6. The van der Waals surface area contributed by atoms with Crippen LogP contribution in [-0.4, -0.2) is 43.4 Å². The van der Waals surface area contributed by atoms with Crippen molar-refractivity contribution in [1.82, 2.24) is 5.32 Å². The van der Waals surface area contributed by atoms with Gasteiger partial charge in [0.05, 0.1) is 18.1 Å². The van der Waals surface area contributed by atoms with Gasteiger partial charge < -0.3 is 20.5 Å². The van der Waals surface area contributed by atoms with Crippen LogP contribution in [0.3, 0.4) is 0 Å². The standard InChI is InChI=1S/C13H26N2O3/c1-4-17-11(9-14)7-12(16)15-10-5-6-18-13(2,3)8-10/h10-11H,4-9,14H2,1-3H3,(H,15,16). The number of ether oxygens (including phenoxy) is 2. The Hall–Kier alpha value is -0.650. The topological polar surface area (TPSA) is 73.6 Å². The van der Waals surface area contributed by atoms with Crippen LogP contribution in [0.15, 0.2) is 0 Å². The van der Waals surface area contributed by atoms with Gasteiger partial charge in [-0.25, -0.2) is 0 Å². The zero-order valence-corrected chi connectivity index (χ0v) is 11.7. The second-order valence-corrected chi connectivity index (χ2v) is 5.38. The molecule has 1 saturated heterocycles. The van der Waals surface area contributed by atoms with Crippen LogP contribution >= 0.6 is 0 Å². The van der Waals surface area contributed by atoms with Crippen LogP contribution in [0.25, 0.3) is 0 Å². The van der Waals surface area contributed by atoms with Gasteiger partial charge in [0.2, 0.25) is 5.91 Å². The molecule has 5 nitrogen and oxygen atoms in total. The third-order valence-corrected chi connectivity index (χ3v) is 3.14. The molecule has 1 aliphatic rings. The van der Waals surface area contributed by atoms with Crippen LogP contribution < -0.4 is 11.1 Å². The van der Waals surface area contributed by atoms with Gasteiger partial charge in [0.15, 0.2) is 0 Å². The van der Waals surface area contributed by atoms with Gasteiger partial charge >= 0.3 is 0 Å². The first-order valence-corrected chi connectivity index (χ1v) is 6.72. The smallest absolute Gasteiger partial charge is 0.222 e. The van der Waals surface area contributed by atoms with E-state index in [9.17, 15) is 4.79 Å². The quantitative estimate of drug-likeness (QED) is 0.739. The van der Waals surface area contributed by atoms with Crippen molar-refractivity contribution in [3.05, 3.63) is 0 Å². The Bertz CT molecular complexity index is 269. The van der Waals surface area contributed by atoms with E-state index >= 15 is 0 Å². The van der Waals surface area contributed by atoms with Gasteiger partial charge in [0.1, 0.15) is 0 Å². The van der Waals surface area contributed by atoms with Crippen LogP contribution in [0, 0.1) is 0 Å². The van der Waals surface area contributed by atoms with Gasteiger partial charge in [0.25, 0.3) is 0 Å². The van der Waals surface area contributed by atoms with Crippen LogP contribution in [-0.2, 0) is 14.3 Å². The SMILES string of the molecule is CCOC(CN)CC(=O)NC1CCOC(C)(C)C1. The molecule has 0 radical (unpaired) electrons. The van der Waals surface area contributed by atoms with E-state index in [0.717, 1.165) is 12.8 Å². The molecule has 0 aromatic rings.